The highest BCUT2D eigenvalue weighted by Gasteiger charge is 2.15. The molecule has 7 heteroatoms. The predicted molar refractivity (Wildman–Crippen MR) is 128 cm³/mol. The van der Waals surface area contributed by atoms with Crippen LogP contribution in [0.5, 0.6) is 11.5 Å². The van der Waals surface area contributed by atoms with Gasteiger partial charge in [0.05, 0.1) is 25.5 Å². The molecule has 0 radical (unpaired) electrons. The van der Waals surface area contributed by atoms with Crippen molar-refractivity contribution in [3.05, 3.63) is 83.3 Å². The van der Waals surface area contributed by atoms with Crippen LogP contribution in [0.3, 0.4) is 0 Å². The molecule has 1 amide bonds. The van der Waals surface area contributed by atoms with Crippen LogP contribution >= 0.6 is 11.6 Å². The number of halogens is 2. The maximum absolute atomic E-state index is 13.4. The highest BCUT2D eigenvalue weighted by molar-refractivity contribution is 6.31. The Morgan fingerprint density at radius 2 is 1.91 bits per heavy atom. The Morgan fingerprint density at radius 1 is 1.09 bits per heavy atom. The quantitative estimate of drug-likeness (QED) is 0.313. The molecule has 0 bridgehead atoms. The molecule has 33 heavy (non-hydrogen) atoms. The van der Waals surface area contributed by atoms with Gasteiger partial charge in [0.15, 0.2) is 0 Å². The van der Waals surface area contributed by atoms with Crippen molar-refractivity contribution >= 4 is 39.7 Å². The van der Waals surface area contributed by atoms with Crippen molar-refractivity contribution in [3.63, 3.8) is 0 Å². The first-order valence-corrected chi connectivity index (χ1v) is 10.5. The number of amides is 1. The number of ether oxygens (including phenoxy) is 2. The minimum atomic E-state index is -0.550. The number of rotatable bonds is 6. The minimum absolute atomic E-state index is 0.0642. The molecule has 0 unspecified atom stereocenters. The molecule has 0 atom stereocenters. The summed E-state index contributed by atoms with van der Waals surface area (Å²) in [5.41, 5.74) is 4.31. The second-order valence-electron chi connectivity index (χ2n) is 7.38. The summed E-state index contributed by atoms with van der Waals surface area (Å²) < 4.78 is 30.0. The average Bonchev–Trinajstić information content (AvgIpc) is 3.23. The van der Waals surface area contributed by atoms with Crippen molar-refractivity contribution in [2.45, 2.75) is 6.92 Å². The van der Waals surface area contributed by atoms with Crippen molar-refractivity contribution in [1.29, 1.82) is 0 Å². The van der Waals surface area contributed by atoms with E-state index in [1.807, 2.05) is 37.3 Å². The number of hydrogen-bond acceptors (Lipinski definition) is 4. The lowest BCUT2D eigenvalue weighted by Gasteiger charge is -2.10. The van der Waals surface area contributed by atoms with E-state index in [-0.39, 0.29) is 10.9 Å². The van der Waals surface area contributed by atoms with E-state index in [1.54, 1.807) is 26.5 Å². The van der Waals surface area contributed by atoms with Crippen LogP contribution in [0.1, 0.15) is 12.5 Å². The molecule has 0 saturated heterocycles. The highest BCUT2D eigenvalue weighted by Crippen LogP contribution is 2.38. The topological polar surface area (TPSA) is 60.7 Å². The third-order valence-electron chi connectivity index (χ3n) is 5.24. The second kappa shape index (κ2) is 9.38. The van der Waals surface area contributed by atoms with Gasteiger partial charge in [-0.3, -0.25) is 4.79 Å². The lowest BCUT2D eigenvalue weighted by molar-refractivity contribution is -0.111. The molecule has 5 nitrogen and oxygen atoms in total. The van der Waals surface area contributed by atoms with Crippen molar-refractivity contribution in [2.24, 2.45) is 0 Å². The van der Waals surface area contributed by atoms with Gasteiger partial charge in [0, 0.05) is 34.3 Å². The van der Waals surface area contributed by atoms with E-state index in [0.717, 1.165) is 27.8 Å². The maximum atomic E-state index is 13.4. The Hall–Kier alpha value is -3.77. The summed E-state index contributed by atoms with van der Waals surface area (Å²) in [6.45, 7) is 1.81. The van der Waals surface area contributed by atoms with E-state index in [2.05, 4.69) is 5.32 Å². The zero-order chi connectivity index (χ0) is 23.5. The molecule has 0 saturated carbocycles. The van der Waals surface area contributed by atoms with E-state index in [1.165, 1.54) is 24.3 Å². The Balaban J connectivity index is 1.70. The fourth-order valence-corrected chi connectivity index (χ4v) is 3.75. The van der Waals surface area contributed by atoms with Gasteiger partial charge in [-0.05, 0) is 54.5 Å². The SMILES string of the molecule is COc1cccc(-c2coc3cc(OC)c(/C(C)=C/C(=O)Nc4ccc(F)c(Cl)c4)cc23)c1. The van der Waals surface area contributed by atoms with Gasteiger partial charge in [-0.25, -0.2) is 4.39 Å². The monoisotopic (exact) mass is 465 g/mol. The van der Waals surface area contributed by atoms with Crippen molar-refractivity contribution < 1.29 is 23.1 Å². The van der Waals surface area contributed by atoms with Gasteiger partial charge in [0.2, 0.25) is 5.91 Å². The van der Waals surface area contributed by atoms with Gasteiger partial charge in [0.1, 0.15) is 22.9 Å². The number of benzene rings is 3. The summed E-state index contributed by atoms with van der Waals surface area (Å²) in [6, 6.07) is 15.4. The normalized spacial score (nSPS) is 11.5. The molecule has 0 aliphatic carbocycles. The Bertz CT molecular complexity index is 1380. The molecule has 1 heterocycles. The lowest BCUT2D eigenvalue weighted by Crippen LogP contribution is -2.08. The van der Waals surface area contributed by atoms with Gasteiger partial charge in [-0.1, -0.05) is 23.7 Å². The van der Waals surface area contributed by atoms with Gasteiger partial charge in [-0.2, -0.15) is 0 Å². The van der Waals surface area contributed by atoms with Gasteiger partial charge in [0.25, 0.3) is 0 Å². The number of furan rings is 1. The van der Waals surface area contributed by atoms with E-state index < -0.39 is 5.82 Å². The number of carbonyl (C=O) groups excluding carboxylic acids is 1. The average molecular weight is 466 g/mol. The molecule has 1 aromatic heterocycles. The number of allylic oxidation sites excluding steroid dienone is 1. The molecule has 0 spiro atoms. The van der Waals surface area contributed by atoms with Crippen LogP contribution in [0.25, 0.3) is 27.7 Å². The molecule has 0 aliphatic heterocycles. The third kappa shape index (κ3) is 4.71. The largest absolute Gasteiger partial charge is 0.497 e. The summed E-state index contributed by atoms with van der Waals surface area (Å²) in [5, 5.41) is 3.50. The van der Waals surface area contributed by atoms with Gasteiger partial charge in [-0.15, -0.1) is 0 Å². The zero-order valence-corrected chi connectivity index (χ0v) is 19.0. The van der Waals surface area contributed by atoms with E-state index in [9.17, 15) is 9.18 Å². The van der Waals surface area contributed by atoms with Crippen molar-refractivity contribution in [2.75, 3.05) is 19.5 Å². The third-order valence-corrected chi connectivity index (χ3v) is 5.53. The van der Waals surface area contributed by atoms with E-state index in [4.69, 9.17) is 25.5 Å². The molecule has 4 aromatic rings. The Labute approximate surface area is 195 Å². The molecule has 3 aromatic carbocycles. The second-order valence-corrected chi connectivity index (χ2v) is 7.78. The van der Waals surface area contributed by atoms with Crippen LogP contribution in [0, 0.1) is 5.82 Å². The molecule has 4 rings (SSSR count). The molecular formula is C26H21ClFNO4. The van der Waals surface area contributed by atoms with Crippen LogP contribution in [0.2, 0.25) is 5.02 Å². The number of nitrogens with one attached hydrogen (secondary N) is 1. The predicted octanol–water partition coefficient (Wildman–Crippen LogP) is 6.95. The first-order chi connectivity index (χ1) is 15.9. The van der Waals surface area contributed by atoms with Crippen molar-refractivity contribution in [1.82, 2.24) is 0 Å². The standard InChI is InChI=1S/C26H21ClFNO4/c1-15(9-26(30)29-17-7-8-23(28)22(27)11-17)19-12-20-21(14-33-25(20)13-24(19)32-3)16-5-4-6-18(10-16)31-2/h4-14H,1-3H3,(H,29,30)/b15-9+. The number of carbonyl (C=O) groups is 1. The summed E-state index contributed by atoms with van der Waals surface area (Å²) in [6.07, 6.45) is 3.14. The maximum Gasteiger partial charge on any atom is 0.248 e. The molecule has 168 valence electrons. The fourth-order valence-electron chi connectivity index (χ4n) is 3.57. The highest BCUT2D eigenvalue weighted by atomic mass is 35.5. The number of methoxy groups -OCH3 is 2. The van der Waals surface area contributed by atoms with Crippen LogP contribution in [-0.4, -0.2) is 20.1 Å². The molecule has 0 aliphatic rings. The van der Waals surface area contributed by atoms with Crippen molar-refractivity contribution in [3.8, 4) is 22.6 Å². The van der Waals surface area contributed by atoms with Crippen LogP contribution in [-0.2, 0) is 4.79 Å². The number of hydrogen-bond donors (Lipinski definition) is 1. The van der Waals surface area contributed by atoms with E-state index in [0.29, 0.717) is 22.6 Å². The summed E-state index contributed by atoms with van der Waals surface area (Å²) in [5.74, 6) is 0.383. The summed E-state index contributed by atoms with van der Waals surface area (Å²) >= 11 is 5.79. The molecule has 1 N–H and O–H groups in total. The smallest absolute Gasteiger partial charge is 0.248 e. The summed E-state index contributed by atoms with van der Waals surface area (Å²) in [7, 11) is 3.18. The van der Waals surface area contributed by atoms with E-state index >= 15 is 0 Å². The van der Waals surface area contributed by atoms with Crippen LogP contribution in [0.4, 0.5) is 10.1 Å². The Morgan fingerprint density at radius 3 is 2.64 bits per heavy atom. The number of fused-ring (bicyclic) bond motifs is 1. The fraction of sp³-hybridized carbons (Fsp3) is 0.115. The van der Waals surface area contributed by atoms with Gasteiger partial charge >= 0.3 is 0 Å². The molecular weight excluding hydrogens is 445 g/mol. The zero-order valence-electron chi connectivity index (χ0n) is 18.2. The first kappa shape index (κ1) is 22.4. The summed E-state index contributed by atoms with van der Waals surface area (Å²) in [4.78, 5) is 12.6. The van der Waals surface area contributed by atoms with Gasteiger partial charge < -0.3 is 19.2 Å². The Kier molecular flexibility index (Phi) is 6.38. The first-order valence-electron chi connectivity index (χ1n) is 10.1. The molecule has 0 fully saturated rings. The van der Waals surface area contributed by atoms with Crippen LogP contribution < -0.4 is 14.8 Å². The number of anilines is 1. The lowest BCUT2D eigenvalue weighted by atomic mass is 9.99. The van der Waals surface area contributed by atoms with Crippen LogP contribution in [0.15, 0.2) is 71.4 Å². The minimum Gasteiger partial charge on any atom is -0.497 e.